The first kappa shape index (κ1) is 20.7. The molecule has 3 heterocycles. The fraction of sp³-hybridized carbons (Fsp3) is 0.348. The molecule has 1 aliphatic rings. The highest BCUT2D eigenvalue weighted by molar-refractivity contribution is 7.15. The smallest absolute Gasteiger partial charge is 0.259 e. The average Bonchev–Trinajstić information content (AvgIpc) is 3.43. The van der Waals surface area contributed by atoms with Crippen LogP contribution in [0, 0.1) is 0 Å². The first-order chi connectivity index (χ1) is 15.7. The Hall–Kier alpha value is -3.17. The van der Waals surface area contributed by atoms with E-state index >= 15 is 0 Å². The number of aryl methyl sites for hydroxylation is 2. The Labute approximate surface area is 189 Å². The van der Waals surface area contributed by atoms with Crippen molar-refractivity contribution in [3.8, 4) is 0 Å². The number of aliphatic hydroxyl groups excluding tert-OH is 1. The molecular formula is C23H24N6O2S. The van der Waals surface area contributed by atoms with E-state index in [4.69, 9.17) is 0 Å². The van der Waals surface area contributed by atoms with E-state index in [0.717, 1.165) is 47.4 Å². The zero-order valence-corrected chi connectivity index (χ0v) is 18.3. The third-order valence-corrected chi connectivity index (χ3v) is 6.50. The van der Waals surface area contributed by atoms with E-state index in [2.05, 4.69) is 42.8 Å². The van der Waals surface area contributed by atoms with Gasteiger partial charge in [-0.3, -0.25) is 10.1 Å². The Morgan fingerprint density at radius 1 is 1.09 bits per heavy atom. The van der Waals surface area contributed by atoms with E-state index in [1.54, 1.807) is 24.3 Å². The van der Waals surface area contributed by atoms with Crippen molar-refractivity contribution < 1.29 is 9.90 Å². The topological polar surface area (TPSA) is 117 Å². The Bertz CT molecular complexity index is 1220. The molecule has 1 saturated carbocycles. The molecule has 0 unspecified atom stereocenters. The quantitative estimate of drug-likeness (QED) is 0.334. The number of hydrogen-bond donors (Lipinski definition) is 3. The lowest BCUT2D eigenvalue weighted by Crippen LogP contribution is -2.20. The second-order valence-corrected chi connectivity index (χ2v) is 9.21. The second-order valence-electron chi connectivity index (χ2n) is 8.15. The minimum absolute atomic E-state index is 0.398. The Kier molecular flexibility index (Phi) is 5.91. The number of amides is 1. The number of nitrogens with zero attached hydrogens (tertiary/aromatic N) is 4. The van der Waals surface area contributed by atoms with Crippen LogP contribution < -0.4 is 5.32 Å². The molecule has 164 valence electrons. The summed E-state index contributed by atoms with van der Waals surface area (Å²) in [6, 6.07) is 13.1. The van der Waals surface area contributed by atoms with Crippen molar-refractivity contribution in [3.63, 3.8) is 0 Å². The molecule has 1 amide bonds. The highest BCUT2D eigenvalue weighted by Crippen LogP contribution is 2.40. The van der Waals surface area contributed by atoms with Gasteiger partial charge in [0, 0.05) is 17.5 Å². The van der Waals surface area contributed by atoms with Crippen LogP contribution in [0.15, 0.2) is 42.5 Å². The predicted molar refractivity (Wildman–Crippen MR) is 122 cm³/mol. The number of nitrogens with one attached hydrogen (secondary N) is 2. The molecule has 1 fully saturated rings. The van der Waals surface area contributed by atoms with Gasteiger partial charge in [-0.05, 0) is 55.7 Å². The van der Waals surface area contributed by atoms with Crippen molar-refractivity contribution in [2.75, 3.05) is 5.32 Å². The summed E-state index contributed by atoms with van der Waals surface area (Å²) in [5.41, 5.74) is 3.69. The van der Waals surface area contributed by atoms with E-state index in [-0.39, 0.29) is 0 Å². The molecule has 0 saturated heterocycles. The molecule has 3 N–H and O–H groups in total. The zero-order valence-electron chi connectivity index (χ0n) is 17.5. The Morgan fingerprint density at radius 3 is 2.72 bits per heavy atom. The van der Waals surface area contributed by atoms with Crippen LogP contribution >= 0.6 is 11.3 Å². The van der Waals surface area contributed by atoms with Gasteiger partial charge in [-0.1, -0.05) is 41.7 Å². The van der Waals surface area contributed by atoms with Crippen LogP contribution in [-0.2, 0) is 17.6 Å². The standard InChI is InChI=1S/C23H24N6O2S/c30-20(15-6-2-1-3-7-15)22(31)25-23-29-27-19(32-23)9-5-4-8-17-12-16-13-18(14-10-11-14)24-21(16)28-26-17/h1-3,6-7,12-14,20,30H,4-5,8-11H2,(H,24,28)(H,25,29,31)/t20-/m0/s1. The molecule has 1 aromatic carbocycles. The molecule has 1 aliphatic carbocycles. The first-order valence-corrected chi connectivity index (χ1v) is 11.7. The molecule has 8 nitrogen and oxygen atoms in total. The van der Waals surface area contributed by atoms with Crippen molar-refractivity contribution in [2.45, 2.75) is 50.5 Å². The van der Waals surface area contributed by atoms with E-state index in [9.17, 15) is 9.90 Å². The Balaban J connectivity index is 1.09. The summed E-state index contributed by atoms with van der Waals surface area (Å²) in [6.07, 6.45) is 4.83. The minimum Gasteiger partial charge on any atom is -0.378 e. The number of fused-ring (bicyclic) bond motifs is 1. The van der Waals surface area contributed by atoms with E-state index in [1.807, 2.05) is 6.07 Å². The number of benzene rings is 1. The van der Waals surface area contributed by atoms with Gasteiger partial charge in [-0.2, -0.15) is 5.10 Å². The average molecular weight is 449 g/mol. The van der Waals surface area contributed by atoms with Crippen LogP contribution in [0.4, 0.5) is 5.13 Å². The number of aromatic nitrogens is 5. The lowest BCUT2D eigenvalue weighted by atomic mass is 10.1. The zero-order chi connectivity index (χ0) is 21.9. The molecule has 0 aliphatic heterocycles. The summed E-state index contributed by atoms with van der Waals surface area (Å²) in [5, 5.41) is 32.1. The lowest BCUT2D eigenvalue weighted by molar-refractivity contribution is -0.124. The van der Waals surface area contributed by atoms with Gasteiger partial charge >= 0.3 is 0 Å². The molecule has 0 bridgehead atoms. The van der Waals surface area contributed by atoms with Crippen LogP contribution in [0.1, 0.15) is 59.7 Å². The number of aromatic amines is 1. The Morgan fingerprint density at radius 2 is 1.91 bits per heavy atom. The monoisotopic (exact) mass is 448 g/mol. The SMILES string of the molecule is O=C(Nc1nnc(CCCCc2cc3cc(C4CC4)[nH]c3nn2)s1)[C@@H](O)c1ccccc1. The van der Waals surface area contributed by atoms with E-state index < -0.39 is 12.0 Å². The van der Waals surface area contributed by atoms with Gasteiger partial charge in [0.05, 0.1) is 5.69 Å². The number of H-pyrrole nitrogens is 1. The third-order valence-electron chi connectivity index (χ3n) is 5.60. The molecule has 1 atom stereocenters. The lowest BCUT2D eigenvalue weighted by Gasteiger charge is -2.09. The molecule has 4 aromatic rings. The van der Waals surface area contributed by atoms with Crippen LogP contribution in [0.25, 0.3) is 11.0 Å². The van der Waals surface area contributed by atoms with Gasteiger partial charge < -0.3 is 10.1 Å². The van der Waals surface area contributed by atoms with Gasteiger partial charge in [0.25, 0.3) is 5.91 Å². The number of anilines is 1. The van der Waals surface area contributed by atoms with Gasteiger partial charge in [0.1, 0.15) is 5.01 Å². The molecule has 32 heavy (non-hydrogen) atoms. The maximum atomic E-state index is 12.2. The molecule has 0 spiro atoms. The fourth-order valence-electron chi connectivity index (χ4n) is 3.68. The molecule has 5 rings (SSSR count). The van der Waals surface area contributed by atoms with Crippen molar-refractivity contribution >= 4 is 33.4 Å². The summed E-state index contributed by atoms with van der Waals surface area (Å²) in [7, 11) is 0. The fourth-order valence-corrected chi connectivity index (χ4v) is 4.47. The van der Waals surface area contributed by atoms with Crippen molar-refractivity contribution in [1.82, 2.24) is 25.4 Å². The van der Waals surface area contributed by atoms with Crippen molar-refractivity contribution in [3.05, 3.63) is 64.4 Å². The highest BCUT2D eigenvalue weighted by atomic mass is 32.1. The number of carbonyl (C=O) groups excluding carboxylic acids is 1. The molecular weight excluding hydrogens is 424 g/mol. The van der Waals surface area contributed by atoms with Gasteiger partial charge in [-0.15, -0.1) is 15.3 Å². The number of rotatable bonds is 9. The number of carbonyl (C=O) groups is 1. The number of aliphatic hydroxyl groups is 1. The van der Waals surface area contributed by atoms with E-state index in [0.29, 0.717) is 16.6 Å². The van der Waals surface area contributed by atoms with Crippen LogP contribution in [0.2, 0.25) is 0 Å². The van der Waals surface area contributed by atoms with Crippen LogP contribution in [-0.4, -0.2) is 36.4 Å². The summed E-state index contributed by atoms with van der Waals surface area (Å²) in [5.74, 6) is 0.165. The molecule has 9 heteroatoms. The van der Waals surface area contributed by atoms with Crippen molar-refractivity contribution in [2.24, 2.45) is 0 Å². The van der Waals surface area contributed by atoms with Gasteiger partial charge in [-0.25, -0.2) is 0 Å². The maximum absolute atomic E-state index is 12.2. The second kappa shape index (κ2) is 9.13. The first-order valence-electron chi connectivity index (χ1n) is 10.9. The summed E-state index contributed by atoms with van der Waals surface area (Å²) >= 11 is 1.34. The van der Waals surface area contributed by atoms with Gasteiger partial charge in [0.15, 0.2) is 11.8 Å². The number of unbranched alkanes of at least 4 members (excludes halogenated alkanes) is 1. The third kappa shape index (κ3) is 4.84. The highest BCUT2D eigenvalue weighted by Gasteiger charge is 2.25. The summed E-state index contributed by atoms with van der Waals surface area (Å²) < 4.78 is 0. The van der Waals surface area contributed by atoms with E-state index in [1.165, 1.54) is 29.9 Å². The maximum Gasteiger partial charge on any atom is 0.259 e. The number of hydrogen-bond acceptors (Lipinski definition) is 7. The van der Waals surface area contributed by atoms with Crippen LogP contribution in [0.3, 0.4) is 0 Å². The van der Waals surface area contributed by atoms with Crippen LogP contribution in [0.5, 0.6) is 0 Å². The summed E-state index contributed by atoms with van der Waals surface area (Å²) in [4.78, 5) is 15.6. The van der Waals surface area contributed by atoms with Crippen molar-refractivity contribution in [1.29, 1.82) is 0 Å². The molecule has 3 aromatic heterocycles. The normalized spacial score (nSPS) is 14.5. The molecule has 0 radical (unpaired) electrons. The predicted octanol–water partition coefficient (Wildman–Crippen LogP) is 3.92. The largest absolute Gasteiger partial charge is 0.378 e. The minimum atomic E-state index is -1.23. The van der Waals surface area contributed by atoms with Gasteiger partial charge in [0.2, 0.25) is 5.13 Å². The summed E-state index contributed by atoms with van der Waals surface area (Å²) in [6.45, 7) is 0.